The molecule has 0 unspecified atom stereocenters. The fraction of sp³-hybridized carbons (Fsp3) is 0.375. The molecule has 0 aliphatic carbocycles. The molecule has 1 aliphatic heterocycles. The summed E-state index contributed by atoms with van der Waals surface area (Å²) in [5, 5.41) is 3.10. The Balaban J connectivity index is 0.00000208. The Morgan fingerprint density at radius 3 is 2.71 bits per heavy atom. The van der Waals surface area contributed by atoms with E-state index in [0.29, 0.717) is 12.5 Å². The number of thiazole rings is 1. The minimum Gasteiger partial charge on any atom is -0.370 e. The van der Waals surface area contributed by atoms with Crippen LogP contribution < -0.4 is 10.6 Å². The van der Waals surface area contributed by atoms with E-state index < -0.39 is 0 Å². The van der Waals surface area contributed by atoms with Gasteiger partial charge in [0.15, 0.2) is 11.1 Å². The summed E-state index contributed by atoms with van der Waals surface area (Å²) in [7, 11) is 0. The summed E-state index contributed by atoms with van der Waals surface area (Å²) < 4.78 is 1.09. The zero-order chi connectivity index (χ0) is 16.2. The van der Waals surface area contributed by atoms with Gasteiger partial charge >= 0.3 is 0 Å². The zero-order valence-corrected chi connectivity index (χ0v) is 18.2. The van der Waals surface area contributed by atoms with Crippen LogP contribution in [0.1, 0.15) is 11.1 Å². The summed E-state index contributed by atoms with van der Waals surface area (Å²) in [6.45, 7) is 6.35. The number of hydrogen-bond donors (Lipinski definition) is 1. The lowest BCUT2D eigenvalue weighted by atomic mass is 10.1. The summed E-state index contributed by atoms with van der Waals surface area (Å²) in [6.07, 6.45) is 1.85. The molecular formula is C16H21BrIN5S. The first-order valence-electron chi connectivity index (χ1n) is 7.58. The van der Waals surface area contributed by atoms with E-state index in [9.17, 15) is 0 Å². The number of nitrogens with zero attached hydrogens (tertiary/aromatic N) is 4. The lowest BCUT2D eigenvalue weighted by molar-refractivity contribution is 0.380. The third kappa shape index (κ3) is 4.82. The first-order valence-corrected chi connectivity index (χ1v) is 9.25. The molecule has 1 aromatic carbocycles. The summed E-state index contributed by atoms with van der Waals surface area (Å²) in [5.41, 5.74) is 8.61. The molecule has 2 heterocycles. The van der Waals surface area contributed by atoms with Gasteiger partial charge in [0.2, 0.25) is 0 Å². The average Bonchev–Trinajstić information content (AvgIpc) is 3.08. The molecule has 130 valence electrons. The maximum absolute atomic E-state index is 6.18. The van der Waals surface area contributed by atoms with Gasteiger partial charge in [0, 0.05) is 42.2 Å². The molecule has 8 heteroatoms. The van der Waals surface area contributed by atoms with Gasteiger partial charge in [-0.1, -0.05) is 22.0 Å². The SMILES string of the molecule is Cc1cc(Br)ccc1CN=C(N)N1CCN(c2nccs2)CC1.I. The molecule has 2 aromatic rings. The van der Waals surface area contributed by atoms with E-state index in [0.717, 1.165) is 35.8 Å². The number of piperazine rings is 1. The molecular weight excluding hydrogens is 501 g/mol. The predicted molar refractivity (Wildman–Crippen MR) is 116 cm³/mol. The molecule has 1 fully saturated rings. The van der Waals surface area contributed by atoms with Gasteiger partial charge in [0.05, 0.1) is 6.54 Å². The van der Waals surface area contributed by atoms with Crippen LogP contribution >= 0.6 is 51.2 Å². The van der Waals surface area contributed by atoms with Crippen LogP contribution in [0.4, 0.5) is 5.13 Å². The Hall–Kier alpha value is -0.870. The van der Waals surface area contributed by atoms with Gasteiger partial charge in [-0.2, -0.15) is 0 Å². The Kier molecular flexibility index (Phi) is 7.30. The van der Waals surface area contributed by atoms with E-state index in [1.807, 2.05) is 17.6 Å². The molecule has 1 aliphatic rings. The van der Waals surface area contributed by atoms with E-state index in [4.69, 9.17) is 5.73 Å². The summed E-state index contributed by atoms with van der Waals surface area (Å²) >= 11 is 5.16. The monoisotopic (exact) mass is 521 g/mol. The molecule has 0 saturated carbocycles. The van der Waals surface area contributed by atoms with E-state index in [1.54, 1.807) is 11.3 Å². The molecule has 1 saturated heterocycles. The number of anilines is 1. The van der Waals surface area contributed by atoms with Gasteiger partial charge in [-0.25, -0.2) is 9.98 Å². The highest BCUT2D eigenvalue weighted by Gasteiger charge is 2.19. The lowest BCUT2D eigenvalue weighted by Gasteiger charge is -2.35. The second-order valence-electron chi connectivity index (χ2n) is 5.53. The van der Waals surface area contributed by atoms with Gasteiger partial charge < -0.3 is 15.5 Å². The highest BCUT2D eigenvalue weighted by molar-refractivity contribution is 14.0. The van der Waals surface area contributed by atoms with Crippen LogP contribution in [-0.2, 0) is 6.54 Å². The van der Waals surface area contributed by atoms with Crippen LogP contribution in [0.25, 0.3) is 0 Å². The molecule has 5 nitrogen and oxygen atoms in total. The van der Waals surface area contributed by atoms with Crippen molar-refractivity contribution in [3.8, 4) is 0 Å². The lowest BCUT2D eigenvalue weighted by Crippen LogP contribution is -2.51. The van der Waals surface area contributed by atoms with Crippen molar-refractivity contribution < 1.29 is 0 Å². The average molecular weight is 522 g/mol. The standard InChI is InChI=1S/C16H20BrN5S.HI/c1-12-10-14(17)3-2-13(12)11-20-15(18)21-5-7-22(8-6-21)16-19-4-9-23-16;/h2-4,9-10H,5-8,11H2,1H3,(H2,18,20);1H. The smallest absolute Gasteiger partial charge is 0.191 e. The molecule has 0 amide bonds. The second-order valence-corrected chi connectivity index (χ2v) is 7.32. The van der Waals surface area contributed by atoms with Gasteiger partial charge in [0.1, 0.15) is 0 Å². The van der Waals surface area contributed by atoms with Crippen LogP contribution in [0.15, 0.2) is 39.2 Å². The molecule has 0 radical (unpaired) electrons. The first kappa shape index (κ1) is 19.5. The van der Waals surface area contributed by atoms with Crippen molar-refractivity contribution in [2.75, 3.05) is 31.1 Å². The largest absolute Gasteiger partial charge is 0.370 e. The maximum Gasteiger partial charge on any atom is 0.191 e. The molecule has 1 aromatic heterocycles. The van der Waals surface area contributed by atoms with E-state index >= 15 is 0 Å². The molecule has 3 rings (SSSR count). The fourth-order valence-electron chi connectivity index (χ4n) is 2.60. The number of rotatable bonds is 3. The second kappa shape index (κ2) is 9.00. The number of nitrogens with two attached hydrogens (primary N) is 1. The molecule has 24 heavy (non-hydrogen) atoms. The highest BCUT2D eigenvalue weighted by atomic mass is 127. The summed E-state index contributed by atoms with van der Waals surface area (Å²) in [6, 6.07) is 6.24. The van der Waals surface area contributed by atoms with Gasteiger partial charge in [-0.3, -0.25) is 0 Å². The van der Waals surface area contributed by atoms with Crippen LogP contribution in [0.5, 0.6) is 0 Å². The van der Waals surface area contributed by atoms with Crippen molar-refractivity contribution in [3.63, 3.8) is 0 Å². The van der Waals surface area contributed by atoms with Crippen LogP contribution in [0.3, 0.4) is 0 Å². The molecule has 2 N–H and O–H groups in total. The molecule has 0 spiro atoms. The fourth-order valence-corrected chi connectivity index (χ4v) is 3.77. The number of benzene rings is 1. The number of aryl methyl sites for hydroxylation is 1. The minimum absolute atomic E-state index is 0. The van der Waals surface area contributed by atoms with Crippen LogP contribution in [0.2, 0.25) is 0 Å². The topological polar surface area (TPSA) is 57.8 Å². The number of aromatic nitrogens is 1. The van der Waals surface area contributed by atoms with Crippen LogP contribution in [0, 0.1) is 6.92 Å². The molecule has 0 bridgehead atoms. The zero-order valence-electron chi connectivity index (χ0n) is 13.5. The van der Waals surface area contributed by atoms with Crippen molar-refractivity contribution >= 4 is 62.3 Å². The summed E-state index contributed by atoms with van der Waals surface area (Å²) in [4.78, 5) is 13.4. The Labute approximate surface area is 172 Å². The number of aliphatic imine (C=N–C) groups is 1. The van der Waals surface area contributed by atoms with Crippen molar-refractivity contribution in [2.45, 2.75) is 13.5 Å². The van der Waals surface area contributed by atoms with Crippen LogP contribution in [-0.4, -0.2) is 42.0 Å². The minimum atomic E-state index is 0. The van der Waals surface area contributed by atoms with Crippen molar-refractivity contribution in [1.29, 1.82) is 0 Å². The van der Waals surface area contributed by atoms with Gasteiger partial charge in [-0.05, 0) is 30.2 Å². The normalized spacial score (nSPS) is 15.3. The van der Waals surface area contributed by atoms with Crippen molar-refractivity contribution in [2.24, 2.45) is 10.7 Å². The third-order valence-electron chi connectivity index (χ3n) is 4.01. The van der Waals surface area contributed by atoms with E-state index in [1.165, 1.54) is 11.1 Å². The third-order valence-corrected chi connectivity index (χ3v) is 5.33. The quantitative estimate of drug-likeness (QED) is 0.382. The number of guanidine groups is 1. The van der Waals surface area contributed by atoms with Crippen molar-refractivity contribution in [1.82, 2.24) is 9.88 Å². The Morgan fingerprint density at radius 2 is 2.08 bits per heavy atom. The number of halogens is 2. The number of hydrogen-bond acceptors (Lipinski definition) is 4. The predicted octanol–water partition coefficient (Wildman–Crippen LogP) is 3.47. The molecule has 0 atom stereocenters. The Bertz CT molecular complexity index is 684. The van der Waals surface area contributed by atoms with E-state index in [2.05, 4.69) is 54.8 Å². The first-order chi connectivity index (χ1) is 11.1. The highest BCUT2D eigenvalue weighted by Crippen LogP contribution is 2.19. The Morgan fingerprint density at radius 1 is 1.33 bits per heavy atom. The van der Waals surface area contributed by atoms with Crippen molar-refractivity contribution in [3.05, 3.63) is 45.4 Å². The van der Waals surface area contributed by atoms with E-state index in [-0.39, 0.29) is 24.0 Å². The maximum atomic E-state index is 6.18. The van der Waals surface area contributed by atoms with Gasteiger partial charge in [0.25, 0.3) is 0 Å². The van der Waals surface area contributed by atoms with Gasteiger partial charge in [-0.15, -0.1) is 35.3 Å². The summed E-state index contributed by atoms with van der Waals surface area (Å²) in [5.74, 6) is 0.631.